The monoisotopic (exact) mass is 392 g/mol. The molecule has 1 fully saturated rings. The van der Waals surface area contributed by atoms with Crippen molar-refractivity contribution in [1.82, 2.24) is 14.5 Å². The lowest BCUT2D eigenvalue weighted by molar-refractivity contribution is 0.0904. The number of aliphatic imine (C=N–C) groups is 1. The van der Waals surface area contributed by atoms with Crippen LogP contribution in [0.2, 0.25) is 0 Å². The van der Waals surface area contributed by atoms with E-state index in [4.69, 9.17) is 9.47 Å². The third-order valence-electron chi connectivity index (χ3n) is 4.24. The molecule has 0 atom stereocenters. The average molecular weight is 393 g/mol. The minimum Gasteiger partial charge on any atom is -0.385 e. The SMILES string of the molecule is CN=C(NCCCCCOC)N1CCN(S(=O)(=O)CCOC(C)C)CC1. The van der Waals surface area contributed by atoms with E-state index in [1.165, 1.54) is 0 Å². The summed E-state index contributed by atoms with van der Waals surface area (Å²) in [6, 6.07) is 0. The van der Waals surface area contributed by atoms with Crippen molar-refractivity contribution in [1.29, 1.82) is 0 Å². The normalized spacial score (nSPS) is 17.1. The molecule has 0 bridgehead atoms. The zero-order valence-electron chi connectivity index (χ0n) is 16.7. The Morgan fingerprint density at radius 2 is 1.81 bits per heavy atom. The van der Waals surface area contributed by atoms with Gasteiger partial charge in [-0.15, -0.1) is 0 Å². The molecule has 0 aromatic rings. The van der Waals surface area contributed by atoms with E-state index in [2.05, 4.69) is 15.2 Å². The summed E-state index contributed by atoms with van der Waals surface area (Å²) in [6.45, 7) is 7.98. The molecule has 8 nitrogen and oxygen atoms in total. The Labute approximate surface area is 159 Å². The second kappa shape index (κ2) is 12.5. The highest BCUT2D eigenvalue weighted by Gasteiger charge is 2.27. The number of guanidine groups is 1. The van der Waals surface area contributed by atoms with Gasteiger partial charge in [0.2, 0.25) is 10.0 Å². The maximum atomic E-state index is 12.4. The summed E-state index contributed by atoms with van der Waals surface area (Å²) in [5, 5.41) is 3.36. The van der Waals surface area contributed by atoms with Gasteiger partial charge in [-0.3, -0.25) is 4.99 Å². The Kier molecular flexibility index (Phi) is 11.1. The lowest BCUT2D eigenvalue weighted by Crippen LogP contribution is -2.54. The van der Waals surface area contributed by atoms with Gasteiger partial charge in [-0.2, -0.15) is 4.31 Å². The summed E-state index contributed by atoms with van der Waals surface area (Å²) in [5.41, 5.74) is 0. The lowest BCUT2D eigenvalue weighted by atomic mass is 10.2. The second-order valence-corrected chi connectivity index (χ2v) is 8.74. The molecule has 1 saturated heterocycles. The summed E-state index contributed by atoms with van der Waals surface area (Å²) in [4.78, 5) is 6.44. The van der Waals surface area contributed by atoms with Crippen LogP contribution in [0.3, 0.4) is 0 Å². The van der Waals surface area contributed by atoms with Crippen LogP contribution in [0, 0.1) is 0 Å². The van der Waals surface area contributed by atoms with Gasteiger partial charge in [0.15, 0.2) is 5.96 Å². The van der Waals surface area contributed by atoms with Gasteiger partial charge in [-0.25, -0.2) is 8.42 Å². The first-order valence-electron chi connectivity index (χ1n) is 9.44. The van der Waals surface area contributed by atoms with Crippen LogP contribution in [0.1, 0.15) is 33.1 Å². The highest BCUT2D eigenvalue weighted by molar-refractivity contribution is 7.89. The van der Waals surface area contributed by atoms with Gasteiger partial charge >= 0.3 is 0 Å². The van der Waals surface area contributed by atoms with Crippen molar-refractivity contribution in [2.75, 3.05) is 65.8 Å². The van der Waals surface area contributed by atoms with Crippen LogP contribution in [0.15, 0.2) is 4.99 Å². The fourth-order valence-electron chi connectivity index (χ4n) is 2.78. The van der Waals surface area contributed by atoms with Crippen molar-refractivity contribution in [3.8, 4) is 0 Å². The second-order valence-electron chi connectivity index (χ2n) is 6.65. The van der Waals surface area contributed by atoms with E-state index in [-0.39, 0.29) is 18.5 Å². The summed E-state index contributed by atoms with van der Waals surface area (Å²) in [5.74, 6) is 0.886. The lowest BCUT2D eigenvalue weighted by Gasteiger charge is -2.35. The molecule has 0 aromatic carbocycles. The summed E-state index contributed by atoms with van der Waals surface area (Å²) in [6.07, 6.45) is 3.29. The fraction of sp³-hybridized carbons (Fsp3) is 0.941. The van der Waals surface area contributed by atoms with Gasteiger partial charge in [0.25, 0.3) is 0 Å². The number of sulfonamides is 1. The van der Waals surface area contributed by atoms with Crippen LogP contribution in [-0.4, -0.2) is 95.5 Å². The molecule has 0 amide bonds. The molecule has 0 aromatic heterocycles. The molecule has 0 radical (unpaired) electrons. The van der Waals surface area contributed by atoms with Gasteiger partial charge in [-0.05, 0) is 33.1 Å². The van der Waals surface area contributed by atoms with Crippen molar-refractivity contribution >= 4 is 16.0 Å². The average Bonchev–Trinajstić information content (AvgIpc) is 2.61. The van der Waals surface area contributed by atoms with E-state index in [1.807, 2.05) is 13.8 Å². The molecule has 0 saturated carbocycles. The van der Waals surface area contributed by atoms with Gasteiger partial charge < -0.3 is 19.7 Å². The van der Waals surface area contributed by atoms with E-state index in [1.54, 1.807) is 18.5 Å². The molecule has 26 heavy (non-hydrogen) atoms. The smallest absolute Gasteiger partial charge is 0.216 e. The molecular formula is C17H36N4O4S. The largest absolute Gasteiger partial charge is 0.385 e. The van der Waals surface area contributed by atoms with Crippen molar-refractivity contribution in [3.05, 3.63) is 0 Å². The van der Waals surface area contributed by atoms with E-state index >= 15 is 0 Å². The molecule has 1 aliphatic heterocycles. The number of nitrogens with one attached hydrogen (secondary N) is 1. The first-order chi connectivity index (χ1) is 12.4. The molecule has 154 valence electrons. The standard InChI is InChI=1S/C17H36N4O4S/c1-16(2)25-14-15-26(22,23)21-11-9-20(10-12-21)17(18-3)19-8-6-5-7-13-24-4/h16H,5-15H2,1-4H3,(H,18,19). The summed E-state index contributed by atoms with van der Waals surface area (Å²) < 4.78 is 36.7. The van der Waals surface area contributed by atoms with Crippen LogP contribution < -0.4 is 5.32 Å². The molecule has 1 rings (SSSR count). The Morgan fingerprint density at radius 1 is 1.12 bits per heavy atom. The Bertz CT molecular complexity index is 503. The van der Waals surface area contributed by atoms with Crippen molar-refractivity contribution in [2.24, 2.45) is 4.99 Å². The number of methoxy groups -OCH3 is 1. The zero-order valence-corrected chi connectivity index (χ0v) is 17.6. The van der Waals surface area contributed by atoms with Gasteiger partial charge in [0.05, 0.1) is 18.5 Å². The highest BCUT2D eigenvalue weighted by atomic mass is 32.2. The van der Waals surface area contributed by atoms with Crippen LogP contribution >= 0.6 is 0 Å². The molecular weight excluding hydrogens is 356 g/mol. The number of ether oxygens (including phenoxy) is 2. The van der Waals surface area contributed by atoms with Crippen LogP contribution in [0.4, 0.5) is 0 Å². The zero-order chi connectivity index (χ0) is 19.4. The van der Waals surface area contributed by atoms with Crippen molar-refractivity contribution < 1.29 is 17.9 Å². The first-order valence-corrected chi connectivity index (χ1v) is 11.1. The molecule has 0 aliphatic carbocycles. The molecule has 1 aliphatic rings. The highest BCUT2D eigenvalue weighted by Crippen LogP contribution is 2.09. The molecule has 0 unspecified atom stereocenters. The number of unbranched alkanes of at least 4 members (excludes halogenated alkanes) is 2. The maximum Gasteiger partial charge on any atom is 0.216 e. The first kappa shape index (κ1) is 23.1. The molecule has 1 N–H and O–H groups in total. The number of rotatable bonds is 11. The predicted molar refractivity (Wildman–Crippen MR) is 105 cm³/mol. The summed E-state index contributed by atoms with van der Waals surface area (Å²) in [7, 11) is 0.228. The van der Waals surface area contributed by atoms with Gasteiger partial charge in [0, 0.05) is 53.5 Å². The minimum absolute atomic E-state index is 0.0413. The van der Waals surface area contributed by atoms with E-state index in [0.717, 1.165) is 38.4 Å². The fourth-order valence-corrected chi connectivity index (χ4v) is 4.06. The predicted octanol–water partition coefficient (Wildman–Crippen LogP) is 0.751. The quantitative estimate of drug-likeness (QED) is 0.317. The van der Waals surface area contributed by atoms with Crippen molar-refractivity contribution in [2.45, 2.75) is 39.2 Å². The number of hydrogen-bond acceptors (Lipinski definition) is 5. The van der Waals surface area contributed by atoms with E-state index < -0.39 is 10.0 Å². The third-order valence-corrected chi connectivity index (χ3v) is 6.08. The van der Waals surface area contributed by atoms with Crippen LogP contribution in [0.25, 0.3) is 0 Å². The molecule has 9 heteroatoms. The molecule has 0 spiro atoms. The Morgan fingerprint density at radius 3 is 2.38 bits per heavy atom. The number of nitrogens with zero attached hydrogens (tertiary/aromatic N) is 3. The van der Waals surface area contributed by atoms with E-state index in [9.17, 15) is 8.42 Å². The Hall–Kier alpha value is -0.900. The molecule has 1 heterocycles. The minimum atomic E-state index is -3.26. The van der Waals surface area contributed by atoms with Crippen LogP contribution in [0.5, 0.6) is 0 Å². The number of hydrogen-bond donors (Lipinski definition) is 1. The van der Waals surface area contributed by atoms with Crippen LogP contribution in [-0.2, 0) is 19.5 Å². The third kappa shape index (κ3) is 8.66. The van der Waals surface area contributed by atoms with E-state index in [0.29, 0.717) is 26.2 Å². The number of piperazine rings is 1. The van der Waals surface area contributed by atoms with Gasteiger partial charge in [-0.1, -0.05) is 0 Å². The maximum absolute atomic E-state index is 12.4. The van der Waals surface area contributed by atoms with Gasteiger partial charge in [0.1, 0.15) is 0 Å². The van der Waals surface area contributed by atoms with Crippen molar-refractivity contribution in [3.63, 3.8) is 0 Å². The Balaban J connectivity index is 2.34. The summed E-state index contributed by atoms with van der Waals surface area (Å²) >= 11 is 0. The topological polar surface area (TPSA) is 83.5 Å².